The summed E-state index contributed by atoms with van der Waals surface area (Å²) in [6, 6.07) is 11.9. The van der Waals surface area contributed by atoms with Crippen molar-refractivity contribution in [1.82, 2.24) is 10.2 Å². The summed E-state index contributed by atoms with van der Waals surface area (Å²) >= 11 is 0. The molecule has 2 fully saturated rings. The molecule has 2 aromatic rings. The molecule has 0 aliphatic carbocycles. The largest absolute Gasteiger partial charge is 0.460 e. The molecule has 1 N–H and O–H groups in total. The molecule has 4 rings (SSSR count). The number of ether oxygens (including phenoxy) is 2. The maximum Gasteiger partial charge on any atom is 0.337 e. The molecule has 11 nitrogen and oxygen atoms in total. The number of rotatable bonds is 9. The number of ketones is 1. The van der Waals surface area contributed by atoms with Gasteiger partial charge < -0.3 is 14.4 Å². The van der Waals surface area contributed by atoms with Gasteiger partial charge in [0.1, 0.15) is 19.3 Å². The van der Waals surface area contributed by atoms with Crippen molar-refractivity contribution in [3.05, 3.63) is 75.8 Å². The number of β-lactam (4-membered cyclic amide) rings is 1. The third kappa shape index (κ3) is 4.79. The van der Waals surface area contributed by atoms with Crippen LogP contribution < -0.4 is 5.32 Å². The smallest absolute Gasteiger partial charge is 0.337 e. The molecule has 2 heterocycles. The molecule has 0 aromatic heterocycles. The number of non-ortho nitro benzene ring substituents is 1. The lowest BCUT2D eigenvalue weighted by molar-refractivity contribution is -0.384. The Kier molecular flexibility index (Phi) is 6.64. The molecule has 176 valence electrons. The zero-order valence-corrected chi connectivity index (χ0v) is 17.9. The SMILES string of the molecule is O=C(CN[C@H]1C(=O)N2[C@@H](C(=O)OCc3ccc([N+](=O)[O-])cc3)C(=O)C[C@H]12)OCc1ccccc1. The molecule has 2 aliphatic heterocycles. The zero-order valence-electron chi connectivity index (χ0n) is 17.9. The first-order valence-electron chi connectivity index (χ1n) is 10.5. The van der Waals surface area contributed by atoms with Crippen LogP contribution in [-0.2, 0) is 41.9 Å². The number of esters is 2. The highest BCUT2D eigenvalue weighted by atomic mass is 16.6. The number of benzene rings is 2. The summed E-state index contributed by atoms with van der Waals surface area (Å²) < 4.78 is 10.3. The van der Waals surface area contributed by atoms with E-state index in [0.717, 1.165) is 5.56 Å². The molecule has 2 aliphatic rings. The van der Waals surface area contributed by atoms with Gasteiger partial charge in [0, 0.05) is 18.6 Å². The number of nitro groups is 1. The highest BCUT2D eigenvalue weighted by Crippen LogP contribution is 2.34. The number of hydrogen-bond acceptors (Lipinski definition) is 9. The van der Waals surface area contributed by atoms with Crippen LogP contribution in [0.4, 0.5) is 5.69 Å². The van der Waals surface area contributed by atoms with Crippen LogP contribution >= 0.6 is 0 Å². The summed E-state index contributed by atoms with van der Waals surface area (Å²) in [6.07, 6.45) is -0.0280. The van der Waals surface area contributed by atoms with Crippen molar-refractivity contribution in [2.75, 3.05) is 6.54 Å². The standard InChI is InChI=1S/C23H21N3O8/c27-18-10-17-20(24-11-19(28)33-12-14-4-2-1-3-5-14)22(29)25(17)21(18)23(30)34-13-15-6-8-16(9-7-15)26(31)32/h1-9,17,20-21,24H,10-13H2/t17-,20-,21-/m1/s1. The summed E-state index contributed by atoms with van der Waals surface area (Å²) in [6.45, 7) is -0.296. The lowest BCUT2D eigenvalue weighted by atomic mass is 9.96. The second kappa shape index (κ2) is 9.79. The van der Waals surface area contributed by atoms with Gasteiger partial charge in [-0.1, -0.05) is 30.3 Å². The number of nitrogens with zero attached hydrogens (tertiary/aromatic N) is 2. The molecule has 0 unspecified atom stereocenters. The molecule has 2 saturated heterocycles. The van der Waals surface area contributed by atoms with Gasteiger partial charge in [-0.2, -0.15) is 0 Å². The summed E-state index contributed by atoms with van der Waals surface area (Å²) in [4.78, 5) is 60.8. The lowest BCUT2D eigenvalue weighted by Crippen LogP contribution is -2.70. The Labute approximate surface area is 193 Å². The third-order valence-electron chi connectivity index (χ3n) is 5.72. The fourth-order valence-electron chi connectivity index (χ4n) is 3.97. The Hall–Kier alpha value is -4.12. The minimum absolute atomic E-state index is 0.0280. The minimum Gasteiger partial charge on any atom is -0.460 e. The fourth-order valence-corrected chi connectivity index (χ4v) is 3.97. The van der Waals surface area contributed by atoms with Crippen molar-refractivity contribution in [3.8, 4) is 0 Å². The number of Topliss-reactive ketones (excluding diaryl/α,β-unsaturated/α-hetero) is 1. The van der Waals surface area contributed by atoms with E-state index in [1.807, 2.05) is 30.3 Å². The van der Waals surface area contributed by atoms with E-state index in [-0.39, 0.29) is 31.9 Å². The van der Waals surface area contributed by atoms with Gasteiger partial charge in [-0.3, -0.25) is 29.8 Å². The Morgan fingerprint density at radius 2 is 1.65 bits per heavy atom. The minimum atomic E-state index is -1.33. The predicted octanol–water partition coefficient (Wildman–Crippen LogP) is 0.892. The molecule has 34 heavy (non-hydrogen) atoms. The van der Waals surface area contributed by atoms with Crippen LogP contribution in [0.15, 0.2) is 54.6 Å². The first kappa shape index (κ1) is 23.1. The Morgan fingerprint density at radius 3 is 2.32 bits per heavy atom. The number of fused-ring (bicyclic) bond motifs is 1. The van der Waals surface area contributed by atoms with E-state index in [1.54, 1.807) is 0 Å². The number of carbonyl (C=O) groups excluding carboxylic acids is 4. The van der Waals surface area contributed by atoms with Gasteiger partial charge in [-0.25, -0.2) is 4.79 Å². The van der Waals surface area contributed by atoms with Crippen LogP contribution in [0, 0.1) is 10.1 Å². The van der Waals surface area contributed by atoms with Gasteiger partial charge in [0.05, 0.1) is 17.5 Å². The molecular weight excluding hydrogens is 446 g/mol. The van der Waals surface area contributed by atoms with E-state index in [1.165, 1.54) is 29.2 Å². The monoisotopic (exact) mass is 467 g/mol. The van der Waals surface area contributed by atoms with Gasteiger partial charge in [-0.15, -0.1) is 0 Å². The second-order valence-corrected chi connectivity index (χ2v) is 7.92. The molecule has 2 aromatic carbocycles. The summed E-state index contributed by atoms with van der Waals surface area (Å²) in [5.41, 5.74) is 1.24. The van der Waals surface area contributed by atoms with E-state index in [9.17, 15) is 29.3 Å². The molecular formula is C23H21N3O8. The van der Waals surface area contributed by atoms with Crippen LogP contribution in [0.1, 0.15) is 17.5 Å². The maximum absolute atomic E-state index is 12.6. The highest BCUT2D eigenvalue weighted by Gasteiger charge is 2.60. The van der Waals surface area contributed by atoms with Crippen LogP contribution in [0.5, 0.6) is 0 Å². The van der Waals surface area contributed by atoms with Crippen molar-refractivity contribution in [3.63, 3.8) is 0 Å². The average molecular weight is 467 g/mol. The molecule has 3 atom stereocenters. The number of carbonyl (C=O) groups is 4. The van der Waals surface area contributed by atoms with Crippen LogP contribution in [0.25, 0.3) is 0 Å². The summed E-state index contributed by atoms with van der Waals surface area (Å²) in [5, 5.41) is 13.5. The van der Waals surface area contributed by atoms with Gasteiger partial charge >= 0.3 is 11.9 Å². The quantitative estimate of drug-likeness (QED) is 0.187. The number of nitro benzene ring substituents is 1. The number of hydrogen-bond donors (Lipinski definition) is 1. The Balaban J connectivity index is 1.26. The van der Waals surface area contributed by atoms with Crippen LogP contribution in [0.2, 0.25) is 0 Å². The van der Waals surface area contributed by atoms with Crippen LogP contribution in [-0.4, -0.2) is 58.1 Å². The predicted molar refractivity (Wildman–Crippen MR) is 115 cm³/mol. The van der Waals surface area contributed by atoms with E-state index < -0.39 is 46.7 Å². The first-order chi connectivity index (χ1) is 16.3. The number of nitrogens with one attached hydrogen (secondary N) is 1. The van der Waals surface area contributed by atoms with E-state index in [4.69, 9.17) is 9.47 Å². The Bertz CT molecular complexity index is 1120. The van der Waals surface area contributed by atoms with Gasteiger partial charge in [-0.05, 0) is 23.3 Å². The number of amides is 1. The van der Waals surface area contributed by atoms with Gasteiger partial charge in [0.15, 0.2) is 11.8 Å². The van der Waals surface area contributed by atoms with Crippen molar-refractivity contribution in [2.45, 2.75) is 37.8 Å². The maximum atomic E-state index is 12.6. The third-order valence-corrected chi connectivity index (χ3v) is 5.72. The van der Waals surface area contributed by atoms with Crippen molar-refractivity contribution >= 4 is 29.3 Å². The van der Waals surface area contributed by atoms with Crippen molar-refractivity contribution in [1.29, 1.82) is 0 Å². The molecule has 1 amide bonds. The molecule has 0 bridgehead atoms. The van der Waals surface area contributed by atoms with Crippen molar-refractivity contribution in [2.24, 2.45) is 0 Å². The Morgan fingerprint density at radius 1 is 1.00 bits per heavy atom. The van der Waals surface area contributed by atoms with Crippen molar-refractivity contribution < 1.29 is 33.6 Å². The highest BCUT2D eigenvalue weighted by molar-refractivity contribution is 6.12. The average Bonchev–Trinajstić information content (AvgIpc) is 3.15. The zero-order chi connectivity index (χ0) is 24.2. The first-order valence-corrected chi connectivity index (χ1v) is 10.5. The molecule has 0 saturated carbocycles. The summed E-state index contributed by atoms with van der Waals surface area (Å²) in [7, 11) is 0. The second-order valence-electron chi connectivity index (χ2n) is 7.92. The molecule has 0 radical (unpaired) electrons. The van der Waals surface area contributed by atoms with Gasteiger partial charge in [0.25, 0.3) is 5.69 Å². The van der Waals surface area contributed by atoms with E-state index in [0.29, 0.717) is 5.56 Å². The van der Waals surface area contributed by atoms with Gasteiger partial charge in [0.2, 0.25) is 5.91 Å². The molecule has 11 heteroatoms. The molecule has 0 spiro atoms. The fraction of sp³-hybridized carbons (Fsp3) is 0.304. The van der Waals surface area contributed by atoms with E-state index in [2.05, 4.69) is 5.32 Å². The van der Waals surface area contributed by atoms with E-state index >= 15 is 0 Å². The lowest BCUT2D eigenvalue weighted by Gasteiger charge is -2.44. The normalized spacial score (nSPS) is 20.9. The topological polar surface area (TPSA) is 145 Å². The van der Waals surface area contributed by atoms with Crippen LogP contribution in [0.3, 0.4) is 0 Å². The summed E-state index contributed by atoms with van der Waals surface area (Å²) in [5.74, 6) is -2.31.